The van der Waals surface area contributed by atoms with E-state index in [2.05, 4.69) is 37.7 Å². The Kier molecular flexibility index (Phi) is 4.75. The van der Waals surface area contributed by atoms with Gasteiger partial charge < -0.3 is 9.67 Å². The third-order valence-electron chi connectivity index (χ3n) is 4.34. The second-order valence-corrected chi connectivity index (χ2v) is 7.04. The Morgan fingerprint density at radius 2 is 2.04 bits per heavy atom. The molecule has 0 unspecified atom stereocenters. The van der Waals surface area contributed by atoms with Gasteiger partial charge in [0.2, 0.25) is 5.88 Å². The van der Waals surface area contributed by atoms with Crippen LogP contribution in [0.5, 0.6) is 5.88 Å². The summed E-state index contributed by atoms with van der Waals surface area (Å²) in [6, 6.07) is 16.5. The standard InChI is InChI=1S/C21H15BrN4O2/c1-2-11-26-18-10-8-14(22)12-15(18)19(21(26)28)24-25-20(27)17-9-7-13-5-3-4-6-16(13)23-17/h2-10,12,28H,1,11H2. The molecule has 28 heavy (non-hydrogen) atoms. The topological polar surface area (TPSA) is 79.8 Å². The lowest BCUT2D eigenvalue weighted by molar-refractivity contribution is 0.0990. The lowest BCUT2D eigenvalue weighted by Gasteiger charge is -2.02. The number of allylic oxidation sites excluding steroid dienone is 1. The largest absolute Gasteiger partial charge is 0.493 e. The van der Waals surface area contributed by atoms with E-state index in [-0.39, 0.29) is 17.3 Å². The van der Waals surface area contributed by atoms with Gasteiger partial charge in [0.25, 0.3) is 0 Å². The summed E-state index contributed by atoms with van der Waals surface area (Å²) in [5.74, 6) is -0.652. The summed E-state index contributed by atoms with van der Waals surface area (Å²) in [5, 5.41) is 20.0. The molecule has 0 saturated heterocycles. The predicted molar refractivity (Wildman–Crippen MR) is 112 cm³/mol. The molecule has 0 radical (unpaired) electrons. The number of amides is 1. The molecule has 2 aromatic carbocycles. The Hall–Kier alpha value is -3.32. The molecule has 0 atom stereocenters. The molecule has 1 amide bonds. The Morgan fingerprint density at radius 1 is 1.21 bits per heavy atom. The van der Waals surface area contributed by atoms with Gasteiger partial charge in [0, 0.05) is 21.8 Å². The first-order chi connectivity index (χ1) is 13.6. The molecule has 1 N–H and O–H groups in total. The van der Waals surface area contributed by atoms with Gasteiger partial charge >= 0.3 is 5.91 Å². The maximum absolute atomic E-state index is 12.5. The molecule has 0 saturated carbocycles. The van der Waals surface area contributed by atoms with E-state index in [1.165, 1.54) is 0 Å². The van der Waals surface area contributed by atoms with Crippen molar-refractivity contribution in [3.8, 4) is 5.88 Å². The number of hydrogen-bond acceptors (Lipinski definition) is 4. The SMILES string of the molecule is C=CCn1c(O)c(N=NC(=O)c2ccc3ccccc3n2)c2cc(Br)ccc21. The smallest absolute Gasteiger partial charge is 0.313 e. The van der Waals surface area contributed by atoms with E-state index < -0.39 is 5.91 Å². The van der Waals surface area contributed by atoms with Crippen LogP contribution in [0.1, 0.15) is 10.5 Å². The maximum Gasteiger partial charge on any atom is 0.313 e. The van der Waals surface area contributed by atoms with Gasteiger partial charge in [0.05, 0.1) is 11.0 Å². The molecule has 0 aliphatic rings. The van der Waals surface area contributed by atoms with E-state index >= 15 is 0 Å². The molecule has 0 bridgehead atoms. The Labute approximate surface area is 169 Å². The third-order valence-corrected chi connectivity index (χ3v) is 4.84. The number of pyridine rings is 1. The molecular weight excluding hydrogens is 420 g/mol. The number of halogens is 1. The van der Waals surface area contributed by atoms with Crippen molar-refractivity contribution >= 4 is 49.3 Å². The average molecular weight is 435 g/mol. The number of aromatic hydroxyl groups is 1. The van der Waals surface area contributed by atoms with E-state index in [4.69, 9.17) is 0 Å². The molecule has 138 valence electrons. The first-order valence-electron chi connectivity index (χ1n) is 8.52. The van der Waals surface area contributed by atoms with Gasteiger partial charge in [-0.25, -0.2) is 4.98 Å². The summed E-state index contributed by atoms with van der Waals surface area (Å²) in [6.07, 6.45) is 1.67. The lowest BCUT2D eigenvalue weighted by Crippen LogP contribution is -1.97. The van der Waals surface area contributed by atoms with Gasteiger partial charge in [0.15, 0.2) is 5.69 Å². The molecule has 6 nitrogen and oxygen atoms in total. The average Bonchev–Trinajstić information content (AvgIpc) is 2.96. The first kappa shape index (κ1) is 18.1. The fourth-order valence-corrected chi connectivity index (χ4v) is 3.40. The lowest BCUT2D eigenvalue weighted by atomic mass is 10.2. The summed E-state index contributed by atoms with van der Waals surface area (Å²) >= 11 is 3.42. The molecule has 0 spiro atoms. The summed E-state index contributed by atoms with van der Waals surface area (Å²) in [6.45, 7) is 4.11. The van der Waals surface area contributed by atoms with E-state index in [0.717, 1.165) is 15.4 Å². The highest BCUT2D eigenvalue weighted by Gasteiger charge is 2.17. The van der Waals surface area contributed by atoms with Crippen LogP contribution in [0.15, 0.2) is 82.0 Å². The van der Waals surface area contributed by atoms with Crippen LogP contribution >= 0.6 is 15.9 Å². The van der Waals surface area contributed by atoms with Gasteiger partial charge in [-0.15, -0.1) is 16.8 Å². The minimum atomic E-state index is -0.579. The van der Waals surface area contributed by atoms with E-state index in [0.29, 0.717) is 17.4 Å². The van der Waals surface area contributed by atoms with Crippen LogP contribution < -0.4 is 0 Å². The fourth-order valence-electron chi connectivity index (χ4n) is 3.04. The van der Waals surface area contributed by atoms with Crippen molar-refractivity contribution in [1.82, 2.24) is 9.55 Å². The van der Waals surface area contributed by atoms with Crippen LogP contribution in [0.25, 0.3) is 21.8 Å². The number of rotatable bonds is 4. The minimum Gasteiger partial charge on any atom is -0.493 e. The molecule has 0 aliphatic heterocycles. The number of fused-ring (bicyclic) bond motifs is 2. The Morgan fingerprint density at radius 3 is 2.86 bits per heavy atom. The van der Waals surface area contributed by atoms with Crippen LogP contribution in [0.3, 0.4) is 0 Å². The molecule has 4 aromatic rings. The molecule has 0 aliphatic carbocycles. The number of carbonyl (C=O) groups excluding carboxylic acids is 1. The van der Waals surface area contributed by atoms with Crippen molar-refractivity contribution in [2.24, 2.45) is 10.2 Å². The highest BCUT2D eigenvalue weighted by atomic mass is 79.9. The second-order valence-electron chi connectivity index (χ2n) is 6.13. The Balaban J connectivity index is 1.74. The molecule has 2 heterocycles. The zero-order chi connectivity index (χ0) is 19.7. The number of hydrogen-bond donors (Lipinski definition) is 1. The summed E-state index contributed by atoms with van der Waals surface area (Å²) in [5.41, 5.74) is 1.90. The monoisotopic (exact) mass is 434 g/mol. The van der Waals surface area contributed by atoms with Crippen molar-refractivity contribution in [1.29, 1.82) is 0 Å². The van der Waals surface area contributed by atoms with Crippen LogP contribution in [-0.2, 0) is 6.54 Å². The van der Waals surface area contributed by atoms with Gasteiger partial charge in [-0.2, -0.15) is 0 Å². The quantitative estimate of drug-likeness (QED) is 0.327. The first-order valence-corrected chi connectivity index (χ1v) is 9.31. The number of aromatic nitrogens is 2. The summed E-state index contributed by atoms with van der Waals surface area (Å²) in [7, 11) is 0. The molecular formula is C21H15BrN4O2. The number of azo groups is 1. The van der Waals surface area contributed by atoms with Crippen molar-refractivity contribution in [2.75, 3.05) is 0 Å². The zero-order valence-corrected chi connectivity index (χ0v) is 16.3. The number of carbonyl (C=O) groups is 1. The fraction of sp³-hybridized carbons (Fsp3) is 0.0476. The maximum atomic E-state index is 12.5. The van der Waals surface area contributed by atoms with Crippen LogP contribution in [0, 0.1) is 0 Å². The second kappa shape index (κ2) is 7.36. The normalized spacial score (nSPS) is 11.5. The molecule has 0 fully saturated rings. The minimum absolute atomic E-state index is 0.0731. The van der Waals surface area contributed by atoms with Crippen molar-refractivity contribution in [2.45, 2.75) is 6.54 Å². The molecule has 7 heteroatoms. The highest BCUT2D eigenvalue weighted by Crippen LogP contribution is 2.40. The van der Waals surface area contributed by atoms with E-state index in [1.54, 1.807) is 16.7 Å². The molecule has 2 aromatic heterocycles. The van der Waals surface area contributed by atoms with Crippen LogP contribution in [0.4, 0.5) is 5.69 Å². The van der Waals surface area contributed by atoms with Gasteiger partial charge in [-0.1, -0.05) is 46.3 Å². The van der Waals surface area contributed by atoms with Gasteiger partial charge in [0.1, 0.15) is 5.69 Å². The Bertz CT molecular complexity index is 1260. The highest BCUT2D eigenvalue weighted by molar-refractivity contribution is 9.10. The summed E-state index contributed by atoms with van der Waals surface area (Å²) in [4.78, 5) is 16.8. The van der Waals surface area contributed by atoms with E-state index in [9.17, 15) is 9.90 Å². The van der Waals surface area contributed by atoms with Crippen molar-refractivity contribution < 1.29 is 9.90 Å². The van der Waals surface area contributed by atoms with Crippen molar-refractivity contribution in [3.05, 3.63) is 77.4 Å². The number of para-hydroxylation sites is 1. The summed E-state index contributed by atoms with van der Waals surface area (Å²) < 4.78 is 2.48. The van der Waals surface area contributed by atoms with E-state index in [1.807, 2.05) is 48.5 Å². The predicted octanol–water partition coefficient (Wildman–Crippen LogP) is 5.77. The van der Waals surface area contributed by atoms with Gasteiger partial charge in [-0.05, 0) is 30.3 Å². The van der Waals surface area contributed by atoms with Crippen LogP contribution in [-0.4, -0.2) is 20.6 Å². The van der Waals surface area contributed by atoms with Crippen molar-refractivity contribution in [3.63, 3.8) is 0 Å². The van der Waals surface area contributed by atoms with Gasteiger partial charge in [-0.3, -0.25) is 4.79 Å². The zero-order valence-electron chi connectivity index (χ0n) is 14.7. The third kappa shape index (κ3) is 3.20. The molecule has 4 rings (SSSR count). The number of nitrogens with zero attached hydrogens (tertiary/aromatic N) is 4. The number of benzene rings is 2. The van der Waals surface area contributed by atoms with Crippen LogP contribution in [0.2, 0.25) is 0 Å².